The molecule has 0 aliphatic heterocycles. The number of ether oxygens (including phenoxy) is 1. The number of carbonyl (C=O) groups is 1. The van der Waals surface area contributed by atoms with Gasteiger partial charge in [-0.1, -0.05) is 5.92 Å². The van der Waals surface area contributed by atoms with Crippen LogP contribution in [0.4, 0.5) is 0 Å². The Morgan fingerprint density at radius 1 is 1.90 bits per heavy atom. The van der Waals surface area contributed by atoms with Crippen LogP contribution in [-0.4, -0.2) is 30.8 Å². The van der Waals surface area contributed by atoms with Crippen molar-refractivity contribution in [3.05, 3.63) is 0 Å². The topological polar surface area (TPSA) is 72.5 Å². The Hall–Kier alpha value is -1.05. The molecule has 56 valence electrons. The van der Waals surface area contributed by atoms with Gasteiger partial charge in [-0.2, -0.15) is 0 Å². The molecule has 0 bridgehead atoms. The van der Waals surface area contributed by atoms with Gasteiger partial charge in [0.05, 0.1) is 12.6 Å². The Morgan fingerprint density at radius 3 is 2.90 bits per heavy atom. The van der Waals surface area contributed by atoms with Gasteiger partial charge < -0.3 is 15.6 Å². The number of aliphatic carboxylic acids is 1. The van der Waals surface area contributed by atoms with Crippen LogP contribution in [0.3, 0.4) is 0 Å². The van der Waals surface area contributed by atoms with E-state index in [2.05, 4.69) is 10.7 Å². The third-order valence-corrected chi connectivity index (χ3v) is 0.711. The van der Waals surface area contributed by atoms with E-state index in [0.29, 0.717) is 0 Å². The molecule has 0 aromatic heterocycles. The van der Waals surface area contributed by atoms with Gasteiger partial charge in [-0.25, -0.2) is 4.79 Å². The van der Waals surface area contributed by atoms with Crippen molar-refractivity contribution in [1.29, 1.82) is 0 Å². The predicted molar refractivity (Wildman–Crippen MR) is 35.3 cm³/mol. The minimum Gasteiger partial charge on any atom is -0.472 e. The fourth-order valence-corrected chi connectivity index (χ4v) is 0.376. The second-order valence-electron chi connectivity index (χ2n) is 1.64. The molecule has 3 N–H and O–H groups in total. The van der Waals surface area contributed by atoms with Gasteiger partial charge in [0.1, 0.15) is 0 Å². The minimum atomic E-state index is -1.17. The first-order valence-electron chi connectivity index (χ1n) is 2.65. The molecule has 0 aliphatic carbocycles. The second kappa shape index (κ2) is 4.79. The van der Waals surface area contributed by atoms with Crippen molar-refractivity contribution >= 4 is 5.97 Å². The summed E-state index contributed by atoms with van der Waals surface area (Å²) < 4.78 is 4.62. The van der Waals surface area contributed by atoms with Crippen molar-refractivity contribution in [2.24, 2.45) is 5.73 Å². The highest BCUT2D eigenvalue weighted by Gasteiger charge is 1.94. The third kappa shape index (κ3) is 5.09. The summed E-state index contributed by atoms with van der Waals surface area (Å²) >= 11 is 0. The molecule has 0 aliphatic rings. The monoisotopic (exact) mass is 143 g/mol. The maximum atomic E-state index is 9.84. The van der Waals surface area contributed by atoms with Crippen LogP contribution in [0.15, 0.2) is 0 Å². The molecule has 0 aromatic rings. The molecule has 4 heteroatoms. The van der Waals surface area contributed by atoms with Gasteiger partial charge >= 0.3 is 5.97 Å². The van der Waals surface area contributed by atoms with Crippen molar-refractivity contribution < 1.29 is 14.6 Å². The molecule has 0 rings (SSSR count). The highest BCUT2D eigenvalue weighted by Crippen LogP contribution is 1.74. The Kier molecular flexibility index (Phi) is 4.29. The molecule has 1 unspecified atom stereocenters. The van der Waals surface area contributed by atoms with Crippen molar-refractivity contribution in [2.45, 2.75) is 6.04 Å². The summed E-state index contributed by atoms with van der Waals surface area (Å²) in [5.41, 5.74) is 5.27. The normalized spacial score (nSPS) is 11.4. The van der Waals surface area contributed by atoms with Crippen molar-refractivity contribution in [3.63, 3.8) is 0 Å². The van der Waals surface area contributed by atoms with Crippen LogP contribution in [0.5, 0.6) is 0 Å². The van der Waals surface area contributed by atoms with E-state index in [1.165, 1.54) is 7.11 Å². The lowest BCUT2D eigenvalue weighted by Gasteiger charge is -1.98. The molecule has 0 spiro atoms. The smallest absolute Gasteiger partial charge is 0.381 e. The van der Waals surface area contributed by atoms with Crippen molar-refractivity contribution in [2.75, 3.05) is 13.7 Å². The fourth-order valence-electron chi connectivity index (χ4n) is 0.376. The Bertz CT molecular complexity index is 168. The molecule has 0 fully saturated rings. The van der Waals surface area contributed by atoms with E-state index >= 15 is 0 Å². The number of hydrogen-bond acceptors (Lipinski definition) is 3. The van der Waals surface area contributed by atoms with E-state index in [1.807, 2.05) is 5.92 Å². The molecule has 4 nitrogen and oxygen atoms in total. The Morgan fingerprint density at radius 2 is 2.50 bits per heavy atom. The highest BCUT2D eigenvalue weighted by molar-refractivity contribution is 5.86. The van der Waals surface area contributed by atoms with Gasteiger partial charge in [-0.15, -0.1) is 0 Å². The van der Waals surface area contributed by atoms with Crippen molar-refractivity contribution in [3.8, 4) is 11.8 Å². The number of carboxylic acid groups (broad SMARTS) is 1. The van der Waals surface area contributed by atoms with Crippen LogP contribution >= 0.6 is 0 Å². The first-order valence-corrected chi connectivity index (χ1v) is 2.65. The van der Waals surface area contributed by atoms with Gasteiger partial charge in [0, 0.05) is 13.0 Å². The number of methoxy groups -OCH3 is 1. The summed E-state index contributed by atoms with van der Waals surface area (Å²) in [6, 6.07) is -0.513. The lowest BCUT2D eigenvalue weighted by molar-refractivity contribution is -0.130. The molecular weight excluding hydrogens is 134 g/mol. The van der Waals surface area contributed by atoms with Crippen LogP contribution in [-0.2, 0) is 9.53 Å². The third-order valence-electron chi connectivity index (χ3n) is 0.711. The lowest BCUT2D eigenvalue weighted by atomic mass is 10.3. The Labute approximate surface area is 59.0 Å². The number of carboxylic acids is 1. The predicted octanol–water partition coefficient (Wildman–Crippen LogP) is -0.952. The number of hydrogen-bond donors (Lipinski definition) is 2. The van der Waals surface area contributed by atoms with Gasteiger partial charge in [0.15, 0.2) is 0 Å². The summed E-state index contributed by atoms with van der Waals surface area (Å²) in [7, 11) is 1.47. The van der Waals surface area contributed by atoms with E-state index in [0.717, 1.165) is 0 Å². The fraction of sp³-hybridized carbons (Fsp3) is 0.500. The molecule has 1 atom stereocenters. The summed E-state index contributed by atoms with van der Waals surface area (Å²) in [4.78, 5) is 9.84. The van der Waals surface area contributed by atoms with Gasteiger partial charge in [0.25, 0.3) is 0 Å². The van der Waals surface area contributed by atoms with Crippen LogP contribution < -0.4 is 5.73 Å². The van der Waals surface area contributed by atoms with Crippen LogP contribution in [0.25, 0.3) is 0 Å². The van der Waals surface area contributed by atoms with Crippen LogP contribution in [0, 0.1) is 11.8 Å². The molecule has 0 radical (unpaired) electrons. The second-order valence-corrected chi connectivity index (χ2v) is 1.64. The lowest BCUT2D eigenvalue weighted by Crippen LogP contribution is -2.23. The largest absolute Gasteiger partial charge is 0.472 e. The molecule has 0 aromatic carbocycles. The minimum absolute atomic E-state index is 0.250. The van der Waals surface area contributed by atoms with E-state index in [9.17, 15) is 4.79 Å². The Balaban J connectivity index is 3.68. The first kappa shape index (κ1) is 8.95. The number of rotatable bonds is 2. The zero-order valence-corrected chi connectivity index (χ0v) is 5.63. The van der Waals surface area contributed by atoms with Gasteiger partial charge in [0.2, 0.25) is 0 Å². The summed E-state index contributed by atoms with van der Waals surface area (Å²) in [5, 5.41) is 8.06. The molecule has 0 saturated carbocycles. The standard InChI is InChI=1S/C6H9NO3/c1-10-4-5(7)2-3-6(8)9/h5H,4,7H2,1H3,(H,8,9). The van der Waals surface area contributed by atoms with E-state index < -0.39 is 12.0 Å². The van der Waals surface area contributed by atoms with E-state index in [1.54, 1.807) is 0 Å². The summed E-state index contributed by atoms with van der Waals surface area (Å²) in [6.07, 6.45) is 0. The van der Waals surface area contributed by atoms with Crippen LogP contribution in [0.1, 0.15) is 0 Å². The van der Waals surface area contributed by atoms with Gasteiger partial charge in [-0.05, 0) is 0 Å². The zero-order valence-electron chi connectivity index (χ0n) is 5.63. The molecular formula is C6H9NO3. The molecule has 0 amide bonds. The van der Waals surface area contributed by atoms with E-state index in [-0.39, 0.29) is 6.61 Å². The zero-order chi connectivity index (χ0) is 7.98. The molecule has 0 heterocycles. The molecule has 10 heavy (non-hydrogen) atoms. The van der Waals surface area contributed by atoms with Crippen molar-refractivity contribution in [1.82, 2.24) is 0 Å². The van der Waals surface area contributed by atoms with E-state index in [4.69, 9.17) is 10.8 Å². The summed E-state index contributed by atoms with van der Waals surface area (Å²) in [5.74, 6) is 3.00. The highest BCUT2D eigenvalue weighted by atomic mass is 16.5. The quantitative estimate of drug-likeness (QED) is 0.489. The SMILES string of the molecule is COCC(N)C#CC(=O)O. The number of nitrogens with two attached hydrogens (primary N) is 1. The summed E-state index contributed by atoms with van der Waals surface area (Å²) in [6.45, 7) is 0.250. The average molecular weight is 143 g/mol. The molecule has 0 saturated heterocycles. The van der Waals surface area contributed by atoms with Crippen LogP contribution in [0.2, 0.25) is 0 Å². The first-order chi connectivity index (χ1) is 4.66. The van der Waals surface area contributed by atoms with Gasteiger partial charge in [-0.3, -0.25) is 0 Å². The maximum Gasteiger partial charge on any atom is 0.381 e. The maximum absolute atomic E-state index is 9.84. The average Bonchev–Trinajstić information content (AvgIpc) is 1.85.